The Hall–Kier alpha value is -11.4. The summed E-state index contributed by atoms with van der Waals surface area (Å²) in [4.78, 5) is 176. The van der Waals surface area contributed by atoms with Gasteiger partial charge in [0.25, 0.3) is 59.1 Å². The van der Waals surface area contributed by atoms with Crippen LogP contribution in [0.4, 0.5) is 0 Å². The van der Waals surface area contributed by atoms with Crippen molar-refractivity contribution in [3.63, 3.8) is 0 Å². The zero-order chi connectivity index (χ0) is 102. The topological polar surface area (TPSA) is 434 Å². The number of ether oxygens (including phenoxy) is 3. The molecule has 2 aliphatic carbocycles. The average Bonchev–Trinajstić information content (AvgIpc) is 1.63. The molecule has 8 N–H and O–H groups in total. The lowest BCUT2D eigenvalue weighted by Gasteiger charge is -2.32. The Balaban J connectivity index is 0.000000232. The first kappa shape index (κ1) is 117. The molecule has 35 nitrogen and oxygen atoms in total. The van der Waals surface area contributed by atoms with E-state index < -0.39 is 0 Å². The maximum absolute atomic E-state index is 12.4. The van der Waals surface area contributed by atoms with Crippen LogP contribution in [0, 0.1) is 23.2 Å². The van der Waals surface area contributed by atoms with Crippen LogP contribution in [0.5, 0.6) is 0 Å². The summed E-state index contributed by atoms with van der Waals surface area (Å²) in [6.45, 7) is 35.2. The number of carbonyl (C=O) groups excluding carboxylic acids is 14. The number of hydrogen-bond acceptors (Lipinski definition) is 24. The maximum Gasteiger partial charge on any atom is 0.253 e. The van der Waals surface area contributed by atoms with Crippen molar-refractivity contribution in [1.29, 1.82) is 0 Å². The van der Waals surface area contributed by atoms with Crippen LogP contribution in [0.25, 0.3) is 10.4 Å². The minimum Gasteiger partial charge on any atom is -0.381 e. The second-order valence-electron chi connectivity index (χ2n) is 38.3. The van der Waals surface area contributed by atoms with Gasteiger partial charge < -0.3 is 66.5 Å². The first-order chi connectivity index (χ1) is 67.7. The molecule has 7 aliphatic heterocycles. The molecule has 141 heavy (non-hydrogen) atoms. The summed E-state index contributed by atoms with van der Waals surface area (Å²) in [5, 5.41) is 28.9. The van der Waals surface area contributed by atoms with E-state index >= 15 is 0 Å². The van der Waals surface area contributed by atoms with Crippen molar-refractivity contribution in [2.75, 3.05) is 132 Å². The van der Waals surface area contributed by atoms with Gasteiger partial charge in [0.2, 0.25) is 23.6 Å². The number of aryl methyl sites for hydroxylation is 2. The average molecular weight is 1950 g/mol. The number of amides is 14. The molecule has 2 saturated heterocycles. The summed E-state index contributed by atoms with van der Waals surface area (Å²) < 4.78 is 16.7. The summed E-state index contributed by atoms with van der Waals surface area (Å²) in [5.74, 6) is -0.760. The summed E-state index contributed by atoms with van der Waals surface area (Å²) in [6.07, 6.45) is 32.2. The lowest BCUT2D eigenvalue weighted by Crippen LogP contribution is -2.41. The molecule has 35 heteroatoms. The lowest BCUT2D eigenvalue weighted by atomic mass is 9.85. The highest BCUT2D eigenvalue weighted by Crippen LogP contribution is 2.45. The van der Waals surface area contributed by atoms with E-state index in [1.54, 1.807) is 6.08 Å². The van der Waals surface area contributed by atoms with Gasteiger partial charge in [-0.3, -0.25) is 91.6 Å². The second kappa shape index (κ2) is 64.2. The monoisotopic (exact) mass is 1950 g/mol. The zero-order valence-electron chi connectivity index (χ0n) is 85.0. The molecule has 0 radical (unpaired) electrons. The molecule has 772 valence electrons. The van der Waals surface area contributed by atoms with Crippen LogP contribution >= 0.6 is 0 Å². The van der Waals surface area contributed by atoms with Crippen LogP contribution in [0.3, 0.4) is 0 Å². The SMILES string of the molecule is CC(C)N1CCC(C(=O)NCc2ccc(COCCOCCN3C(=O)C=CC3=O)cc2)C1.CC(C)NCC1(C(=O)NCC/C=C/CN2C(=O)C=CC2=O)CC1.CC(C)NCCC(=O)N1CCC(COCCCCN=[N+]=[N-])CC1.CC(C)NCCC(=O)NC1CCC(CN2C(=O)C=CC2=O)CC1.CC(C)NCc1ccc(CCCN2C(=O)C=CC2=O)cc1.CNCc1ccc(CCCN2C(=O)C=CC2=O)cc1. The van der Waals surface area contributed by atoms with Crippen molar-refractivity contribution in [3.8, 4) is 0 Å². The zero-order valence-corrected chi connectivity index (χ0v) is 85.0. The van der Waals surface area contributed by atoms with Gasteiger partial charge in [-0.2, -0.15) is 0 Å². The van der Waals surface area contributed by atoms with Crippen molar-refractivity contribution >= 4 is 82.7 Å². The van der Waals surface area contributed by atoms with Gasteiger partial charge in [0, 0.05) is 226 Å². The van der Waals surface area contributed by atoms with Crippen LogP contribution in [-0.4, -0.2) is 285 Å². The van der Waals surface area contributed by atoms with Crippen molar-refractivity contribution in [1.82, 2.24) is 76.8 Å². The number of likely N-dealkylation sites (tertiary alicyclic amines) is 2. The van der Waals surface area contributed by atoms with E-state index in [1.807, 2.05) is 42.3 Å². The fraction of sp³-hybridized carbons (Fsp3) is 0.585. The van der Waals surface area contributed by atoms with Gasteiger partial charge in [0.15, 0.2) is 0 Å². The Labute approximate surface area is 833 Å². The number of nitrogens with zero attached hydrogens (tertiary/aromatic N) is 10. The summed E-state index contributed by atoms with van der Waals surface area (Å²) in [7, 11) is 1.92. The maximum atomic E-state index is 12.4. The van der Waals surface area contributed by atoms with E-state index in [4.69, 9.17) is 19.7 Å². The van der Waals surface area contributed by atoms with Crippen molar-refractivity contribution in [3.05, 3.63) is 190 Å². The third-order valence-corrected chi connectivity index (χ3v) is 25.1. The first-order valence-corrected chi connectivity index (χ1v) is 50.5. The standard InChI is InChI=1S/C24H33N3O5.C17H27N3O3.C17H25N3O3.C17H22N2O2.C16H31N5O2.C15H18N2O2/c1-18(2)26-10-9-21(16-26)24(30)25-15-19-3-5-20(6-4-19)17-32-14-13-31-12-11-27-22(28)7-8-23(27)29;1-12(2)18-10-9-15(21)19-14-5-3-13(4-6-14)11-20-16(22)7-8-17(20)23;1-13(2)19-12-17(8-9-17)16(23)18-10-4-3-5-11-20-14(21)6-7-15(20)22;1-13(2)18-12-15-7-5-14(6-8-15)4-3-11-19-16(20)9-10-17(19)21;1-14(2)18-9-5-16(22)21-10-6-15(7-11-21)13-23-12-4-3-8-19-20-17;1-16-11-13-6-4-12(5-7-13)3-2-10-17-14(18)8-9-15(17)19/h3-8,18,21H,9-17H2,1-2H3,(H,25,30);7-8,12-14,18H,3-6,9-11H2,1-2H3,(H,19,21);3,5-7,13,19H,4,8-12H2,1-2H3,(H,18,23);5-10,13,18H,3-4,11-12H2,1-2H3;14-15,18H,3-13H2,1-2H3;4-9,16H,2-3,10-11H2,1H3/b;;5-3+;;;. The summed E-state index contributed by atoms with van der Waals surface area (Å²) in [5.41, 5.74) is 15.0. The van der Waals surface area contributed by atoms with Crippen LogP contribution in [0.1, 0.15) is 205 Å². The van der Waals surface area contributed by atoms with Crippen molar-refractivity contribution < 1.29 is 81.3 Å². The Morgan fingerprint density at radius 3 is 1.43 bits per heavy atom. The Morgan fingerprint density at radius 2 is 0.936 bits per heavy atom. The second-order valence-corrected chi connectivity index (χ2v) is 38.3. The molecule has 12 rings (SSSR count). The fourth-order valence-corrected chi connectivity index (χ4v) is 16.3. The van der Waals surface area contributed by atoms with Gasteiger partial charge in [-0.25, -0.2) is 0 Å². The summed E-state index contributed by atoms with van der Waals surface area (Å²) >= 11 is 0. The molecule has 0 spiro atoms. The molecule has 2 saturated carbocycles. The number of carbonyl (C=O) groups is 14. The number of hydrogen-bond donors (Lipinski definition) is 8. The number of azide groups is 1. The van der Waals surface area contributed by atoms with E-state index in [9.17, 15) is 67.1 Å². The summed E-state index contributed by atoms with van der Waals surface area (Å²) in [6, 6.07) is 27.2. The van der Waals surface area contributed by atoms with E-state index in [0.29, 0.717) is 134 Å². The fourth-order valence-electron chi connectivity index (χ4n) is 16.3. The predicted molar refractivity (Wildman–Crippen MR) is 541 cm³/mol. The van der Waals surface area contributed by atoms with Gasteiger partial charge in [-0.1, -0.05) is 145 Å². The number of unbranched alkanes of at least 4 members (excludes halogenated alkanes) is 1. The Morgan fingerprint density at radius 1 is 0.461 bits per heavy atom. The smallest absolute Gasteiger partial charge is 0.253 e. The van der Waals surface area contributed by atoms with Crippen molar-refractivity contribution in [2.45, 2.75) is 247 Å². The minimum absolute atomic E-state index is 0.0836. The molecule has 0 bridgehead atoms. The largest absolute Gasteiger partial charge is 0.381 e. The van der Waals surface area contributed by atoms with Crippen LogP contribution in [0.15, 0.2) is 151 Å². The minimum atomic E-state index is -0.297. The van der Waals surface area contributed by atoms with Crippen LogP contribution in [0.2, 0.25) is 0 Å². The number of piperidine rings is 1. The highest BCUT2D eigenvalue weighted by atomic mass is 16.5. The normalized spacial score (nSPS) is 18.1. The first-order valence-electron chi connectivity index (χ1n) is 50.5. The number of rotatable bonds is 52. The molecule has 1 atom stereocenters. The quantitative estimate of drug-likeness (QED) is 0.00651. The molecule has 3 aromatic rings. The highest BCUT2D eigenvalue weighted by molar-refractivity contribution is 6.15. The lowest BCUT2D eigenvalue weighted by molar-refractivity contribution is -0.139. The van der Waals surface area contributed by atoms with Gasteiger partial charge in [0.05, 0.1) is 44.3 Å². The highest BCUT2D eigenvalue weighted by Gasteiger charge is 2.49. The Kier molecular flexibility index (Phi) is 53.1. The van der Waals surface area contributed by atoms with Crippen molar-refractivity contribution in [2.24, 2.45) is 28.3 Å². The van der Waals surface area contributed by atoms with Gasteiger partial charge >= 0.3 is 0 Å². The molecular weight excluding hydrogens is 1800 g/mol. The van der Waals surface area contributed by atoms with Crippen LogP contribution < -0.4 is 42.5 Å². The molecule has 9 aliphatic rings. The van der Waals surface area contributed by atoms with E-state index in [2.05, 4.69) is 175 Å². The third-order valence-electron chi connectivity index (χ3n) is 25.1. The number of benzene rings is 3. The number of nitrogens with one attached hydrogen (secondary N) is 8. The Bertz CT molecular complexity index is 4640. The third kappa shape index (κ3) is 44.8. The van der Waals surface area contributed by atoms with E-state index in [0.717, 1.165) is 178 Å². The predicted octanol–water partition coefficient (Wildman–Crippen LogP) is 9.24. The van der Waals surface area contributed by atoms with Gasteiger partial charge in [-0.15, -0.1) is 0 Å². The molecule has 1 unspecified atom stereocenters. The van der Waals surface area contributed by atoms with Gasteiger partial charge in [-0.05, 0) is 181 Å². The van der Waals surface area contributed by atoms with Gasteiger partial charge in [0.1, 0.15) is 0 Å². The van der Waals surface area contributed by atoms with Crippen LogP contribution in [-0.2, 0) is 120 Å². The molecule has 7 heterocycles. The number of imide groups is 5. The van der Waals surface area contributed by atoms with E-state index in [1.165, 1.54) is 103 Å². The molecule has 14 amide bonds. The van der Waals surface area contributed by atoms with E-state index in [-0.39, 0.29) is 113 Å². The molecule has 0 aromatic heterocycles. The molecular formula is C106H156N18O17. The molecule has 3 aromatic carbocycles. The molecule has 4 fully saturated rings.